The molecular formula is C23H20N4O3. The van der Waals surface area contributed by atoms with Crippen LogP contribution in [0.25, 0.3) is 22.5 Å². The molecule has 7 heteroatoms. The van der Waals surface area contributed by atoms with Gasteiger partial charge in [0.25, 0.3) is 5.91 Å². The van der Waals surface area contributed by atoms with Crippen LogP contribution in [0, 0.1) is 0 Å². The van der Waals surface area contributed by atoms with E-state index < -0.39 is 5.91 Å². The molecule has 0 atom stereocenters. The Morgan fingerprint density at radius 1 is 1.00 bits per heavy atom. The summed E-state index contributed by atoms with van der Waals surface area (Å²) in [5, 5.41) is 0. The van der Waals surface area contributed by atoms with E-state index in [4.69, 9.17) is 10.5 Å². The largest absolute Gasteiger partial charge is 0.378 e. The third kappa shape index (κ3) is 3.13. The van der Waals surface area contributed by atoms with E-state index in [0.717, 1.165) is 27.8 Å². The highest BCUT2D eigenvalue weighted by atomic mass is 16.5. The number of carbonyl (C=O) groups is 2. The molecule has 0 radical (unpaired) electrons. The van der Waals surface area contributed by atoms with E-state index in [-0.39, 0.29) is 5.91 Å². The second-order valence-electron chi connectivity index (χ2n) is 7.44. The summed E-state index contributed by atoms with van der Waals surface area (Å²) >= 11 is 0. The van der Waals surface area contributed by atoms with Crippen molar-refractivity contribution in [2.75, 3.05) is 26.3 Å². The molecule has 1 fully saturated rings. The van der Waals surface area contributed by atoms with E-state index in [1.165, 1.54) is 0 Å². The standard InChI is InChI=1S/C23H20N4O3/c24-21(28)20-13-16(22-25-4-1-5-26-22)12-18-17-3-2-14(10-15(17)11-19(18)20)23(29)27-6-8-30-9-7-27/h1-5,10,12-13H,6-9,11H2,(H2,24,28). The Labute approximate surface area is 173 Å². The molecule has 0 spiro atoms. The van der Waals surface area contributed by atoms with Crippen LogP contribution in [0.5, 0.6) is 0 Å². The smallest absolute Gasteiger partial charge is 0.254 e. The molecule has 2 aliphatic rings. The van der Waals surface area contributed by atoms with Crippen LogP contribution in [0.4, 0.5) is 0 Å². The second-order valence-corrected chi connectivity index (χ2v) is 7.44. The van der Waals surface area contributed by atoms with Gasteiger partial charge in [0.2, 0.25) is 5.91 Å². The molecule has 30 heavy (non-hydrogen) atoms. The van der Waals surface area contributed by atoms with E-state index in [1.807, 2.05) is 29.2 Å². The number of carbonyl (C=O) groups excluding carboxylic acids is 2. The minimum Gasteiger partial charge on any atom is -0.378 e. The first-order valence-electron chi connectivity index (χ1n) is 9.86. The molecular weight excluding hydrogens is 380 g/mol. The first-order chi connectivity index (χ1) is 14.6. The molecule has 1 aliphatic carbocycles. The minimum absolute atomic E-state index is 0.00514. The lowest BCUT2D eigenvalue weighted by molar-refractivity contribution is 0.0303. The van der Waals surface area contributed by atoms with Gasteiger partial charge in [0, 0.05) is 42.2 Å². The van der Waals surface area contributed by atoms with Crippen LogP contribution in [-0.4, -0.2) is 53.0 Å². The Balaban J connectivity index is 1.56. The van der Waals surface area contributed by atoms with Crippen molar-refractivity contribution in [1.29, 1.82) is 0 Å². The first kappa shape index (κ1) is 18.4. The number of benzene rings is 2. The maximum absolute atomic E-state index is 12.9. The molecule has 150 valence electrons. The fourth-order valence-corrected chi connectivity index (χ4v) is 4.18. The van der Waals surface area contributed by atoms with Gasteiger partial charge in [0.1, 0.15) is 0 Å². The van der Waals surface area contributed by atoms with Gasteiger partial charge < -0.3 is 15.4 Å². The monoisotopic (exact) mass is 400 g/mol. The number of ether oxygens (including phenoxy) is 1. The Morgan fingerprint density at radius 3 is 2.50 bits per heavy atom. The summed E-state index contributed by atoms with van der Waals surface area (Å²) in [5.41, 5.74) is 11.4. The summed E-state index contributed by atoms with van der Waals surface area (Å²) in [6, 6.07) is 11.2. The number of nitrogens with two attached hydrogens (primary N) is 1. The van der Waals surface area contributed by atoms with E-state index in [9.17, 15) is 9.59 Å². The van der Waals surface area contributed by atoms with Crippen molar-refractivity contribution in [1.82, 2.24) is 14.9 Å². The summed E-state index contributed by atoms with van der Waals surface area (Å²) in [6.07, 6.45) is 3.89. The van der Waals surface area contributed by atoms with Crippen LogP contribution in [0.1, 0.15) is 31.8 Å². The Bertz CT molecular complexity index is 1150. The summed E-state index contributed by atoms with van der Waals surface area (Å²) in [7, 11) is 0. The predicted molar refractivity (Wildman–Crippen MR) is 111 cm³/mol. The summed E-state index contributed by atoms with van der Waals surface area (Å²) in [6.45, 7) is 2.33. The van der Waals surface area contributed by atoms with Gasteiger partial charge in [0.15, 0.2) is 5.82 Å². The fraction of sp³-hybridized carbons (Fsp3) is 0.217. The second kappa shape index (κ2) is 7.35. The van der Waals surface area contributed by atoms with Gasteiger partial charge >= 0.3 is 0 Å². The maximum Gasteiger partial charge on any atom is 0.254 e. The first-order valence-corrected chi connectivity index (χ1v) is 9.86. The third-order valence-corrected chi connectivity index (χ3v) is 5.65. The number of primary amides is 1. The molecule has 3 aromatic rings. The molecule has 0 unspecified atom stereocenters. The average Bonchev–Trinajstić information content (AvgIpc) is 3.16. The van der Waals surface area contributed by atoms with Crippen LogP contribution in [0.15, 0.2) is 48.8 Å². The molecule has 1 aromatic heterocycles. The average molecular weight is 400 g/mol. The van der Waals surface area contributed by atoms with Crippen molar-refractivity contribution < 1.29 is 14.3 Å². The van der Waals surface area contributed by atoms with Crippen molar-refractivity contribution >= 4 is 11.8 Å². The minimum atomic E-state index is -0.485. The molecule has 2 heterocycles. The van der Waals surface area contributed by atoms with Gasteiger partial charge in [-0.05, 0) is 59.0 Å². The van der Waals surface area contributed by atoms with Crippen LogP contribution < -0.4 is 5.73 Å². The summed E-state index contributed by atoms with van der Waals surface area (Å²) in [4.78, 5) is 35.5. The van der Waals surface area contributed by atoms with Gasteiger partial charge in [-0.15, -0.1) is 0 Å². The molecule has 7 nitrogen and oxygen atoms in total. The van der Waals surface area contributed by atoms with Crippen LogP contribution in [-0.2, 0) is 11.2 Å². The zero-order valence-electron chi connectivity index (χ0n) is 16.3. The van der Waals surface area contributed by atoms with E-state index in [0.29, 0.717) is 49.7 Å². The van der Waals surface area contributed by atoms with Crippen molar-refractivity contribution in [2.24, 2.45) is 5.73 Å². The molecule has 0 saturated carbocycles. The van der Waals surface area contributed by atoms with Crippen molar-refractivity contribution in [3.8, 4) is 22.5 Å². The van der Waals surface area contributed by atoms with Crippen LogP contribution in [0.2, 0.25) is 0 Å². The van der Waals surface area contributed by atoms with Gasteiger partial charge in [-0.1, -0.05) is 6.07 Å². The molecule has 2 amide bonds. The van der Waals surface area contributed by atoms with Gasteiger partial charge in [-0.2, -0.15) is 0 Å². The number of morpholine rings is 1. The normalized spacial score (nSPS) is 14.9. The lowest BCUT2D eigenvalue weighted by Crippen LogP contribution is -2.40. The van der Waals surface area contributed by atoms with Gasteiger partial charge in [0.05, 0.1) is 13.2 Å². The number of aromatic nitrogens is 2. The van der Waals surface area contributed by atoms with Crippen LogP contribution >= 0.6 is 0 Å². The van der Waals surface area contributed by atoms with Crippen molar-refractivity contribution in [3.05, 3.63) is 71.0 Å². The third-order valence-electron chi connectivity index (χ3n) is 5.65. The number of hydrogen-bond acceptors (Lipinski definition) is 5. The zero-order chi connectivity index (χ0) is 20.7. The Morgan fingerprint density at radius 2 is 1.77 bits per heavy atom. The summed E-state index contributed by atoms with van der Waals surface area (Å²) in [5.74, 6) is 0.0578. The Hall–Kier alpha value is -3.58. The molecule has 2 aromatic carbocycles. The zero-order valence-corrected chi connectivity index (χ0v) is 16.3. The van der Waals surface area contributed by atoms with Gasteiger partial charge in [-0.25, -0.2) is 9.97 Å². The molecule has 2 N–H and O–H groups in total. The van der Waals surface area contributed by atoms with Gasteiger partial charge in [-0.3, -0.25) is 9.59 Å². The SMILES string of the molecule is NC(=O)c1cc(-c2ncccn2)cc2c1Cc1cc(C(=O)N3CCOCC3)ccc1-2. The lowest BCUT2D eigenvalue weighted by Gasteiger charge is -2.27. The number of hydrogen-bond donors (Lipinski definition) is 1. The topological polar surface area (TPSA) is 98.4 Å². The number of fused-ring (bicyclic) bond motifs is 3. The van der Waals surface area contributed by atoms with E-state index >= 15 is 0 Å². The fourth-order valence-electron chi connectivity index (χ4n) is 4.18. The molecule has 5 rings (SSSR count). The number of nitrogens with zero attached hydrogens (tertiary/aromatic N) is 3. The molecule has 1 saturated heterocycles. The highest BCUT2D eigenvalue weighted by Crippen LogP contribution is 2.41. The lowest BCUT2D eigenvalue weighted by atomic mass is 9.96. The Kier molecular flexibility index (Phi) is 4.52. The maximum atomic E-state index is 12.9. The number of rotatable bonds is 3. The van der Waals surface area contributed by atoms with E-state index in [2.05, 4.69) is 9.97 Å². The van der Waals surface area contributed by atoms with E-state index in [1.54, 1.807) is 24.5 Å². The summed E-state index contributed by atoms with van der Waals surface area (Å²) < 4.78 is 5.34. The molecule has 0 bridgehead atoms. The van der Waals surface area contributed by atoms with Crippen molar-refractivity contribution in [2.45, 2.75) is 6.42 Å². The van der Waals surface area contributed by atoms with Crippen LogP contribution in [0.3, 0.4) is 0 Å². The van der Waals surface area contributed by atoms with Crippen molar-refractivity contribution in [3.63, 3.8) is 0 Å². The highest BCUT2D eigenvalue weighted by Gasteiger charge is 2.27. The molecule has 1 aliphatic heterocycles. The highest BCUT2D eigenvalue weighted by molar-refractivity contribution is 6.01. The number of amides is 2. The quantitative estimate of drug-likeness (QED) is 0.569. The predicted octanol–water partition coefficient (Wildman–Crippen LogP) is 2.29.